The number of halogens is 2. The predicted molar refractivity (Wildman–Crippen MR) is 73.4 cm³/mol. The second-order valence-electron chi connectivity index (χ2n) is 4.43. The van der Waals surface area contributed by atoms with E-state index in [1.165, 1.54) is 12.1 Å². The van der Waals surface area contributed by atoms with Crippen LogP contribution in [0.2, 0.25) is 5.02 Å². The summed E-state index contributed by atoms with van der Waals surface area (Å²) in [5, 5.41) is 0.697. The van der Waals surface area contributed by atoms with E-state index in [1.54, 1.807) is 6.07 Å². The first kappa shape index (κ1) is 13.1. The van der Waals surface area contributed by atoms with Crippen molar-refractivity contribution in [1.82, 2.24) is 0 Å². The van der Waals surface area contributed by atoms with E-state index in [2.05, 4.69) is 0 Å². The van der Waals surface area contributed by atoms with Gasteiger partial charge in [0.05, 0.1) is 6.04 Å². The number of hydrogen-bond donors (Lipinski definition) is 1. The molecule has 0 aliphatic carbocycles. The second-order valence-corrected chi connectivity index (χ2v) is 4.84. The molecule has 1 unspecified atom stereocenters. The van der Waals surface area contributed by atoms with Crippen LogP contribution in [0.15, 0.2) is 36.4 Å². The maximum atomic E-state index is 13.1. The lowest BCUT2D eigenvalue weighted by Crippen LogP contribution is -2.14. The third-order valence-electron chi connectivity index (χ3n) is 3.21. The predicted octanol–water partition coefficient (Wildman–Crippen LogP) is 4.14. The molecule has 0 radical (unpaired) electrons. The van der Waals surface area contributed by atoms with Gasteiger partial charge in [-0.2, -0.15) is 0 Å². The molecule has 0 saturated carbocycles. The SMILES string of the molecule is Cc1cc(F)ccc1C(N)c1cccc(Cl)c1C. The van der Waals surface area contributed by atoms with Gasteiger partial charge in [0.2, 0.25) is 0 Å². The number of rotatable bonds is 2. The van der Waals surface area contributed by atoms with E-state index in [1.807, 2.05) is 32.0 Å². The fourth-order valence-electron chi connectivity index (χ4n) is 2.12. The van der Waals surface area contributed by atoms with Gasteiger partial charge in [0, 0.05) is 5.02 Å². The zero-order valence-corrected chi connectivity index (χ0v) is 11.1. The van der Waals surface area contributed by atoms with Crippen LogP contribution in [0.5, 0.6) is 0 Å². The van der Waals surface area contributed by atoms with Crippen LogP contribution in [0.4, 0.5) is 4.39 Å². The van der Waals surface area contributed by atoms with Crippen molar-refractivity contribution >= 4 is 11.6 Å². The molecule has 18 heavy (non-hydrogen) atoms. The van der Waals surface area contributed by atoms with E-state index < -0.39 is 0 Å². The molecule has 0 heterocycles. The minimum Gasteiger partial charge on any atom is -0.320 e. The molecule has 0 bridgehead atoms. The summed E-state index contributed by atoms with van der Waals surface area (Å²) in [6.45, 7) is 3.80. The molecular weight excluding hydrogens is 249 g/mol. The molecule has 0 amide bonds. The van der Waals surface area contributed by atoms with Gasteiger partial charge in [-0.3, -0.25) is 0 Å². The highest BCUT2D eigenvalue weighted by atomic mass is 35.5. The van der Waals surface area contributed by atoms with Gasteiger partial charge in [-0.05, 0) is 54.3 Å². The Morgan fingerprint density at radius 2 is 1.83 bits per heavy atom. The lowest BCUT2D eigenvalue weighted by Gasteiger charge is -2.18. The molecule has 0 spiro atoms. The molecule has 2 aromatic carbocycles. The molecule has 2 rings (SSSR count). The molecule has 1 nitrogen and oxygen atoms in total. The summed E-state index contributed by atoms with van der Waals surface area (Å²) in [5.74, 6) is -0.244. The van der Waals surface area contributed by atoms with Gasteiger partial charge in [0.1, 0.15) is 5.82 Å². The van der Waals surface area contributed by atoms with Crippen LogP contribution < -0.4 is 5.73 Å². The van der Waals surface area contributed by atoms with Crippen LogP contribution in [0.3, 0.4) is 0 Å². The fraction of sp³-hybridized carbons (Fsp3) is 0.200. The van der Waals surface area contributed by atoms with Crippen LogP contribution >= 0.6 is 11.6 Å². The van der Waals surface area contributed by atoms with Crippen LogP contribution in [0, 0.1) is 19.7 Å². The summed E-state index contributed by atoms with van der Waals surface area (Å²) in [7, 11) is 0. The average Bonchev–Trinajstić information content (AvgIpc) is 2.32. The van der Waals surface area contributed by atoms with E-state index in [0.717, 1.165) is 22.3 Å². The Kier molecular flexibility index (Phi) is 3.69. The van der Waals surface area contributed by atoms with E-state index in [0.29, 0.717) is 5.02 Å². The molecule has 0 aliphatic heterocycles. The molecule has 1 atom stereocenters. The highest BCUT2D eigenvalue weighted by molar-refractivity contribution is 6.31. The topological polar surface area (TPSA) is 26.0 Å². The maximum absolute atomic E-state index is 13.1. The highest BCUT2D eigenvalue weighted by Crippen LogP contribution is 2.28. The number of hydrogen-bond acceptors (Lipinski definition) is 1. The van der Waals surface area contributed by atoms with Gasteiger partial charge >= 0.3 is 0 Å². The summed E-state index contributed by atoms with van der Waals surface area (Å²) < 4.78 is 13.1. The normalized spacial score (nSPS) is 12.5. The van der Waals surface area contributed by atoms with Crippen molar-refractivity contribution in [2.24, 2.45) is 5.73 Å². The average molecular weight is 264 g/mol. The van der Waals surface area contributed by atoms with Crippen LogP contribution in [0.25, 0.3) is 0 Å². The van der Waals surface area contributed by atoms with Crippen molar-refractivity contribution in [2.75, 3.05) is 0 Å². The van der Waals surface area contributed by atoms with Crippen molar-refractivity contribution in [3.05, 3.63) is 69.5 Å². The molecule has 0 saturated heterocycles. The molecule has 2 aromatic rings. The first-order valence-electron chi connectivity index (χ1n) is 5.77. The Bertz CT molecular complexity index is 581. The molecule has 0 aliphatic rings. The van der Waals surface area contributed by atoms with Gasteiger partial charge in [-0.25, -0.2) is 4.39 Å². The van der Waals surface area contributed by atoms with Crippen molar-refractivity contribution < 1.29 is 4.39 Å². The third-order valence-corrected chi connectivity index (χ3v) is 3.62. The number of nitrogens with two attached hydrogens (primary N) is 1. The molecule has 94 valence electrons. The maximum Gasteiger partial charge on any atom is 0.123 e. The molecule has 3 heteroatoms. The van der Waals surface area contributed by atoms with E-state index in [4.69, 9.17) is 17.3 Å². The fourth-order valence-corrected chi connectivity index (χ4v) is 2.30. The quantitative estimate of drug-likeness (QED) is 0.866. The number of aryl methyl sites for hydroxylation is 1. The van der Waals surface area contributed by atoms with Gasteiger partial charge in [-0.15, -0.1) is 0 Å². The number of benzene rings is 2. The Labute approximate surface area is 111 Å². The van der Waals surface area contributed by atoms with Gasteiger partial charge < -0.3 is 5.73 Å². The first-order valence-corrected chi connectivity index (χ1v) is 6.15. The van der Waals surface area contributed by atoms with Crippen molar-refractivity contribution in [1.29, 1.82) is 0 Å². The Morgan fingerprint density at radius 1 is 1.11 bits per heavy atom. The molecule has 2 N–H and O–H groups in total. The minimum absolute atomic E-state index is 0.244. The monoisotopic (exact) mass is 263 g/mol. The summed E-state index contributed by atoms with van der Waals surface area (Å²) in [4.78, 5) is 0. The lowest BCUT2D eigenvalue weighted by atomic mass is 9.93. The highest BCUT2D eigenvalue weighted by Gasteiger charge is 2.15. The standard InChI is InChI=1S/C15H15ClFN/c1-9-8-11(17)6-7-12(9)15(18)13-4-3-5-14(16)10(13)2/h3-8,15H,18H2,1-2H3. The van der Waals surface area contributed by atoms with Gasteiger partial charge in [0.15, 0.2) is 0 Å². The summed E-state index contributed by atoms with van der Waals surface area (Å²) >= 11 is 6.09. The van der Waals surface area contributed by atoms with Crippen LogP contribution in [0.1, 0.15) is 28.3 Å². The lowest BCUT2D eigenvalue weighted by molar-refractivity contribution is 0.624. The Hall–Kier alpha value is -1.38. The van der Waals surface area contributed by atoms with E-state index in [-0.39, 0.29) is 11.9 Å². The van der Waals surface area contributed by atoms with E-state index in [9.17, 15) is 4.39 Å². The van der Waals surface area contributed by atoms with Crippen LogP contribution in [-0.2, 0) is 0 Å². The smallest absolute Gasteiger partial charge is 0.123 e. The van der Waals surface area contributed by atoms with E-state index >= 15 is 0 Å². The Balaban J connectivity index is 2.48. The van der Waals surface area contributed by atoms with Crippen molar-refractivity contribution in [3.8, 4) is 0 Å². The van der Waals surface area contributed by atoms with Crippen LogP contribution in [-0.4, -0.2) is 0 Å². The molecule has 0 aromatic heterocycles. The first-order chi connectivity index (χ1) is 8.50. The van der Waals surface area contributed by atoms with Gasteiger partial charge in [0.25, 0.3) is 0 Å². The summed E-state index contributed by atoms with van der Waals surface area (Å²) in [6, 6.07) is 10.0. The summed E-state index contributed by atoms with van der Waals surface area (Å²) in [6.07, 6.45) is 0. The second kappa shape index (κ2) is 5.09. The Morgan fingerprint density at radius 3 is 2.50 bits per heavy atom. The molecular formula is C15H15ClFN. The third kappa shape index (κ3) is 2.40. The van der Waals surface area contributed by atoms with Crippen molar-refractivity contribution in [2.45, 2.75) is 19.9 Å². The zero-order chi connectivity index (χ0) is 13.3. The summed E-state index contributed by atoms with van der Waals surface area (Å²) in [5.41, 5.74) is 9.96. The van der Waals surface area contributed by atoms with Gasteiger partial charge in [-0.1, -0.05) is 29.8 Å². The largest absolute Gasteiger partial charge is 0.320 e. The van der Waals surface area contributed by atoms with Crippen molar-refractivity contribution in [3.63, 3.8) is 0 Å². The minimum atomic E-state index is -0.288. The molecule has 0 fully saturated rings. The zero-order valence-electron chi connectivity index (χ0n) is 10.4.